The Morgan fingerprint density at radius 3 is 2.50 bits per heavy atom. The fourth-order valence-corrected chi connectivity index (χ4v) is 4.62. The van der Waals surface area contributed by atoms with Crippen LogP contribution in [0.5, 0.6) is 0 Å². The number of rotatable bonds is 7. The van der Waals surface area contributed by atoms with Gasteiger partial charge in [0.1, 0.15) is 0 Å². The van der Waals surface area contributed by atoms with Crippen molar-refractivity contribution in [1.82, 2.24) is 10.0 Å². The maximum Gasteiger partial charge on any atom is 0.242 e. The third kappa shape index (κ3) is 4.84. The van der Waals surface area contributed by atoms with Crippen LogP contribution in [0, 0.1) is 0 Å². The number of sulfonamides is 1. The van der Waals surface area contributed by atoms with E-state index in [1.165, 1.54) is 0 Å². The largest absolute Gasteiger partial charge is 0.316 e. The quantitative estimate of drug-likeness (QED) is 0.783. The molecule has 0 aliphatic heterocycles. The Morgan fingerprint density at radius 2 is 1.95 bits per heavy atom. The molecule has 0 aliphatic carbocycles. The zero-order chi connectivity index (χ0) is 15.4. The van der Waals surface area contributed by atoms with Crippen molar-refractivity contribution in [3.8, 4) is 0 Å². The topological polar surface area (TPSA) is 58.2 Å². The maximum atomic E-state index is 12.5. The smallest absolute Gasteiger partial charge is 0.242 e. The second kappa shape index (κ2) is 7.02. The minimum atomic E-state index is -3.54. The molecule has 4 nitrogen and oxygen atoms in total. The van der Waals surface area contributed by atoms with Crippen molar-refractivity contribution in [3.05, 3.63) is 28.2 Å². The van der Waals surface area contributed by atoms with Crippen molar-refractivity contribution in [2.75, 3.05) is 7.05 Å². The van der Waals surface area contributed by atoms with Gasteiger partial charge in [-0.25, -0.2) is 13.1 Å². The predicted octanol–water partition coefficient (Wildman–Crippen LogP) is 3.03. The Bertz CT molecular complexity index is 556. The summed E-state index contributed by atoms with van der Waals surface area (Å²) in [5.74, 6) is 0. The summed E-state index contributed by atoms with van der Waals surface area (Å²) >= 11 is 3.32. The molecule has 0 amide bonds. The fourth-order valence-electron chi connectivity index (χ4n) is 2.16. The van der Waals surface area contributed by atoms with Crippen molar-refractivity contribution in [2.24, 2.45) is 0 Å². The van der Waals surface area contributed by atoms with Crippen LogP contribution < -0.4 is 10.0 Å². The van der Waals surface area contributed by atoms with Gasteiger partial charge in [0, 0.05) is 16.6 Å². The third-order valence-electron chi connectivity index (χ3n) is 2.95. The SMILES string of the molecule is CCCC(C)(C)NS(=O)(=O)c1cc(CNC)ccc1Br. The average Bonchev–Trinajstić information content (AvgIpc) is 2.30. The summed E-state index contributed by atoms with van der Waals surface area (Å²) < 4.78 is 28.4. The van der Waals surface area contributed by atoms with Gasteiger partial charge in [0.05, 0.1) is 4.90 Å². The average molecular weight is 363 g/mol. The number of hydrogen-bond donors (Lipinski definition) is 2. The summed E-state index contributed by atoms with van der Waals surface area (Å²) in [5, 5.41) is 3.02. The van der Waals surface area contributed by atoms with Crippen molar-refractivity contribution in [2.45, 2.75) is 50.6 Å². The molecule has 114 valence electrons. The highest BCUT2D eigenvalue weighted by molar-refractivity contribution is 9.10. The highest BCUT2D eigenvalue weighted by Gasteiger charge is 2.27. The van der Waals surface area contributed by atoms with Crippen LogP contribution in [0.3, 0.4) is 0 Å². The van der Waals surface area contributed by atoms with Gasteiger partial charge in [-0.1, -0.05) is 19.4 Å². The fraction of sp³-hybridized carbons (Fsp3) is 0.571. The van der Waals surface area contributed by atoms with Crippen molar-refractivity contribution < 1.29 is 8.42 Å². The van der Waals surface area contributed by atoms with Crippen LogP contribution >= 0.6 is 15.9 Å². The summed E-state index contributed by atoms with van der Waals surface area (Å²) in [6.07, 6.45) is 1.72. The summed E-state index contributed by atoms with van der Waals surface area (Å²) in [4.78, 5) is 0.287. The Kier molecular flexibility index (Phi) is 6.19. The Morgan fingerprint density at radius 1 is 1.30 bits per heavy atom. The van der Waals surface area contributed by atoms with Crippen molar-refractivity contribution >= 4 is 26.0 Å². The lowest BCUT2D eigenvalue weighted by atomic mass is 10.0. The molecule has 0 spiro atoms. The van der Waals surface area contributed by atoms with E-state index in [-0.39, 0.29) is 4.90 Å². The van der Waals surface area contributed by atoms with Gasteiger partial charge in [0.2, 0.25) is 10.0 Å². The second-order valence-corrected chi connectivity index (χ2v) is 8.04. The van der Waals surface area contributed by atoms with Gasteiger partial charge in [-0.2, -0.15) is 0 Å². The van der Waals surface area contributed by atoms with E-state index in [1.54, 1.807) is 12.1 Å². The molecule has 0 aromatic heterocycles. The maximum absolute atomic E-state index is 12.5. The summed E-state index contributed by atoms with van der Waals surface area (Å²) in [5.41, 5.74) is 0.482. The molecule has 0 atom stereocenters. The Hall–Kier alpha value is -0.430. The zero-order valence-corrected chi connectivity index (χ0v) is 14.9. The number of nitrogens with one attached hydrogen (secondary N) is 2. The summed E-state index contributed by atoms with van der Waals surface area (Å²) in [7, 11) is -1.70. The highest BCUT2D eigenvalue weighted by atomic mass is 79.9. The van der Waals surface area contributed by atoms with Crippen LogP contribution in [-0.4, -0.2) is 21.0 Å². The summed E-state index contributed by atoms with van der Waals surface area (Å²) in [6, 6.07) is 5.37. The lowest BCUT2D eigenvalue weighted by Crippen LogP contribution is -2.43. The molecule has 6 heteroatoms. The van der Waals surface area contributed by atoms with Crippen LogP contribution in [0.4, 0.5) is 0 Å². The lowest BCUT2D eigenvalue weighted by molar-refractivity contribution is 0.417. The molecule has 0 bridgehead atoms. The molecule has 0 radical (unpaired) electrons. The van der Waals surface area contributed by atoms with E-state index in [0.29, 0.717) is 11.0 Å². The van der Waals surface area contributed by atoms with Crippen molar-refractivity contribution in [1.29, 1.82) is 0 Å². The molecule has 2 N–H and O–H groups in total. The molecule has 0 heterocycles. The van der Waals surface area contributed by atoms with Gasteiger partial charge in [0.25, 0.3) is 0 Å². The van der Waals surface area contributed by atoms with Crippen LogP contribution in [0.2, 0.25) is 0 Å². The van der Waals surface area contributed by atoms with E-state index < -0.39 is 15.6 Å². The first-order valence-electron chi connectivity index (χ1n) is 6.69. The highest BCUT2D eigenvalue weighted by Crippen LogP contribution is 2.25. The molecule has 0 fully saturated rings. The first kappa shape index (κ1) is 17.6. The van der Waals surface area contributed by atoms with Gasteiger partial charge >= 0.3 is 0 Å². The molecule has 1 aromatic rings. The molecular weight excluding hydrogens is 340 g/mol. The molecule has 1 aromatic carbocycles. The van der Waals surface area contributed by atoms with Crippen molar-refractivity contribution in [3.63, 3.8) is 0 Å². The van der Waals surface area contributed by atoms with Gasteiger partial charge in [-0.05, 0) is 60.9 Å². The predicted molar refractivity (Wildman–Crippen MR) is 86.2 cm³/mol. The summed E-state index contributed by atoms with van der Waals surface area (Å²) in [6.45, 7) is 6.48. The second-order valence-electron chi connectivity index (χ2n) is 5.53. The van der Waals surface area contributed by atoms with Crippen LogP contribution in [0.25, 0.3) is 0 Å². The van der Waals surface area contributed by atoms with Crippen LogP contribution in [-0.2, 0) is 16.6 Å². The van der Waals surface area contributed by atoms with Crippen LogP contribution in [0.1, 0.15) is 39.2 Å². The molecule has 1 rings (SSSR count). The first-order valence-corrected chi connectivity index (χ1v) is 8.96. The van der Waals surface area contributed by atoms with Crippen LogP contribution in [0.15, 0.2) is 27.6 Å². The van der Waals surface area contributed by atoms with Gasteiger partial charge < -0.3 is 5.32 Å². The van der Waals surface area contributed by atoms with E-state index in [1.807, 2.05) is 33.9 Å². The molecule has 0 unspecified atom stereocenters. The van der Waals surface area contributed by atoms with E-state index in [0.717, 1.165) is 18.4 Å². The minimum Gasteiger partial charge on any atom is -0.316 e. The van der Waals surface area contributed by atoms with E-state index in [9.17, 15) is 8.42 Å². The molecule has 20 heavy (non-hydrogen) atoms. The van der Waals surface area contributed by atoms with E-state index in [4.69, 9.17) is 0 Å². The standard InChI is InChI=1S/C14H23BrN2O2S/c1-5-8-14(2,3)17-20(18,19)13-9-11(10-16-4)6-7-12(13)15/h6-7,9,16-17H,5,8,10H2,1-4H3. The number of hydrogen-bond acceptors (Lipinski definition) is 3. The molecule has 0 aliphatic rings. The first-order chi connectivity index (χ1) is 9.22. The van der Waals surface area contributed by atoms with E-state index >= 15 is 0 Å². The number of benzene rings is 1. The van der Waals surface area contributed by atoms with Gasteiger partial charge in [-0.15, -0.1) is 0 Å². The lowest BCUT2D eigenvalue weighted by Gasteiger charge is -2.25. The molecule has 0 saturated heterocycles. The minimum absolute atomic E-state index is 0.287. The van der Waals surface area contributed by atoms with Gasteiger partial charge in [0.15, 0.2) is 0 Å². The monoisotopic (exact) mass is 362 g/mol. The molecule has 0 saturated carbocycles. The Labute approximate surface area is 130 Å². The molecular formula is C14H23BrN2O2S. The van der Waals surface area contributed by atoms with Gasteiger partial charge in [-0.3, -0.25) is 0 Å². The number of halogens is 1. The van der Waals surface area contributed by atoms with E-state index in [2.05, 4.69) is 26.0 Å². The third-order valence-corrected chi connectivity index (χ3v) is 5.64. The normalized spacial score (nSPS) is 12.7. The Balaban J connectivity index is 3.11. The zero-order valence-electron chi connectivity index (χ0n) is 12.5.